The molecule has 4 heteroatoms. The van der Waals surface area contributed by atoms with Crippen molar-refractivity contribution in [2.24, 2.45) is 0 Å². The number of piperazine rings is 1. The summed E-state index contributed by atoms with van der Waals surface area (Å²) in [6.45, 7) is 8.33. The van der Waals surface area contributed by atoms with Gasteiger partial charge in [-0.15, -0.1) is 12.4 Å². The normalized spacial score (nSPS) is 24.3. The van der Waals surface area contributed by atoms with E-state index < -0.39 is 0 Å². The third-order valence-electron chi connectivity index (χ3n) is 4.43. The summed E-state index contributed by atoms with van der Waals surface area (Å²) in [5.41, 5.74) is 1.29. The molecule has 0 saturated carbocycles. The maximum atomic E-state index is 3.47. The second-order valence-corrected chi connectivity index (χ2v) is 5.80. The van der Waals surface area contributed by atoms with E-state index in [9.17, 15) is 0 Å². The fourth-order valence-electron chi connectivity index (χ4n) is 3.16. The summed E-state index contributed by atoms with van der Waals surface area (Å²) in [4.78, 5) is 5.22. The molecule has 2 heterocycles. The van der Waals surface area contributed by atoms with Crippen LogP contribution < -0.4 is 5.32 Å². The van der Waals surface area contributed by atoms with Crippen LogP contribution in [0.4, 0.5) is 0 Å². The molecule has 3 nitrogen and oxygen atoms in total. The summed E-state index contributed by atoms with van der Waals surface area (Å²) in [5.74, 6) is 0. The lowest BCUT2D eigenvalue weighted by Crippen LogP contribution is -2.50. The lowest BCUT2D eigenvalue weighted by molar-refractivity contribution is 0.110. The summed E-state index contributed by atoms with van der Waals surface area (Å²) in [6.07, 6.45) is 5.85. The van der Waals surface area contributed by atoms with Crippen molar-refractivity contribution >= 4 is 18.5 Å². The van der Waals surface area contributed by atoms with E-state index in [-0.39, 0.29) is 12.4 Å². The van der Waals surface area contributed by atoms with Gasteiger partial charge in [-0.2, -0.15) is 0 Å². The summed E-state index contributed by atoms with van der Waals surface area (Å²) >= 11 is 0. The van der Waals surface area contributed by atoms with Crippen molar-refractivity contribution < 1.29 is 0 Å². The van der Waals surface area contributed by atoms with Crippen molar-refractivity contribution in [2.75, 3.05) is 45.8 Å². The molecule has 1 unspecified atom stereocenters. The second kappa shape index (κ2) is 8.54. The smallest absolute Gasteiger partial charge is 0.0233 e. The molecule has 0 bridgehead atoms. The first-order valence-corrected chi connectivity index (χ1v) is 7.80. The van der Waals surface area contributed by atoms with Crippen molar-refractivity contribution in [2.45, 2.75) is 12.5 Å². The number of rotatable bonds is 4. The lowest BCUT2D eigenvalue weighted by Gasteiger charge is -2.37. The molecule has 2 aliphatic rings. The van der Waals surface area contributed by atoms with Gasteiger partial charge in [0.2, 0.25) is 0 Å². The van der Waals surface area contributed by atoms with Gasteiger partial charge in [-0.1, -0.05) is 42.5 Å². The van der Waals surface area contributed by atoms with E-state index in [1.165, 1.54) is 51.3 Å². The van der Waals surface area contributed by atoms with Crippen LogP contribution in [0.25, 0.3) is 6.08 Å². The van der Waals surface area contributed by atoms with Crippen LogP contribution in [0.2, 0.25) is 0 Å². The van der Waals surface area contributed by atoms with Crippen LogP contribution in [0.15, 0.2) is 36.4 Å². The Kier molecular flexibility index (Phi) is 6.71. The van der Waals surface area contributed by atoms with E-state index in [4.69, 9.17) is 0 Å². The van der Waals surface area contributed by atoms with Gasteiger partial charge in [0.15, 0.2) is 0 Å². The third kappa shape index (κ3) is 4.82. The SMILES string of the molecule is C(=C\c1ccccc1)/CN1CCN(C2CCNC2)CC1.Cl. The topological polar surface area (TPSA) is 18.5 Å². The van der Waals surface area contributed by atoms with E-state index >= 15 is 0 Å². The molecule has 2 saturated heterocycles. The first-order valence-electron chi connectivity index (χ1n) is 7.80. The van der Waals surface area contributed by atoms with Crippen molar-refractivity contribution in [1.82, 2.24) is 15.1 Å². The quantitative estimate of drug-likeness (QED) is 0.919. The van der Waals surface area contributed by atoms with Crippen LogP contribution in [0, 0.1) is 0 Å². The minimum atomic E-state index is 0. The second-order valence-electron chi connectivity index (χ2n) is 5.80. The summed E-state index contributed by atoms with van der Waals surface area (Å²) in [6, 6.07) is 11.3. The van der Waals surface area contributed by atoms with Crippen LogP contribution in [0.5, 0.6) is 0 Å². The van der Waals surface area contributed by atoms with Gasteiger partial charge in [-0.3, -0.25) is 9.80 Å². The van der Waals surface area contributed by atoms with Gasteiger partial charge >= 0.3 is 0 Å². The first-order chi connectivity index (χ1) is 9.92. The van der Waals surface area contributed by atoms with Crippen LogP contribution in [-0.2, 0) is 0 Å². The fraction of sp³-hybridized carbons (Fsp3) is 0.529. The molecule has 2 aliphatic heterocycles. The van der Waals surface area contributed by atoms with Crippen LogP contribution in [0.3, 0.4) is 0 Å². The standard InChI is InChI=1S/C17H25N3.ClH/c1-2-5-16(6-3-1)7-4-10-19-11-13-20(14-12-19)17-8-9-18-15-17;/h1-7,17-18H,8-15H2;1H/b7-4+;. The first kappa shape index (κ1) is 16.5. The molecule has 0 amide bonds. The van der Waals surface area contributed by atoms with Gasteiger partial charge in [0.25, 0.3) is 0 Å². The highest BCUT2D eigenvalue weighted by Crippen LogP contribution is 2.12. The van der Waals surface area contributed by atoms with E-state index in [1.807, 2.05) is 0 Å². The number of benzene rings is 1. The predicted octanol–water partition coefficient (Wildman–Crippen LogP) is 2.10. The Hall–Kier alpha value is -0.870. The number of hydrogen-bond acceptors (Lipinski definition) is 3. The molecule has 0 aliphatic carbocycles. The Balaban J connectivity index is 0.00000161. The molecule has 1 N–H and O–H groups in total. The largest absolute Gasteiger partial charge is 0.315 e. The van der Waals surface area contributed by atoms with Crippen LogP contribution in [-0.4, -0.2) is 61.7 Å². The van der Waals surface area contributed by atoms with E-state index in [2.05, 4.69) is 57.6 Å². The molecule has 2 fully saturated rings. The molecular formula is C17H26ClN3. The van der Waals surface area contributed by atoms with Crippen molar-refractivity contribution in [3.63, 3.8) is 0 Å². The highest BCUT2D eigenvalue weighted by Gasteiger charge is 2.25. The predicted molar refractivity (Wildman–Crippen MR) is 92.0 cm³/mol. The summed E-state index contributed by atoms with van der Waals surface area (Å²) in [7, 11) is 0. The Morgan fingerprint density at radius 1 is 1.10 bits per heavy atom. The minimum absolute atomic E-state index is 0. The molecular weight excluding hydrogens is 282 g/mol. The monoisotopic (exact) mass is 307 g/mol. The zero-order chi connectivity index (χ0) is 13.6. The zero-order valence-corrected chi connectivity index (χ0v) is 13.4. The Morgan fingerprint density at radius 2 is 1.86 bits per heavy atom. The molecule has 1 atom stereocenters. The van der Waals surface area contributed by atoms with Crippen molar-refractivity contribution in [1.29, 1.82) is 0 Å². The molecule has 21 heavy (non-hydrogen) atoms. The molecule has 3 rings (SSSR count). The van der Waals surface area contributed by atoms with Crippen molar-refractivity contribution in [3.05, 3.63) is 42.0 Å². The number of nitrogens with one attached hydrogen (secondary N) is 1. The summed E-state index contributed by atoms with van der Waals surface area (Å²) in [5, 5.41) is 3.47. The molecule has 0 spiro atoms. The van der Waals surface area contributed by atoms with E-state index in [1.54, 1.807) is 0 Å². The molecule has 0 aromatic heterocycles. The van der Waals surface area contributed by atoms with E-state index in [0.29, 0.717) is 0 Å². The number of nitrogens with zero attached hydrogens (tertiary/aromatic N) is 2. The Morgan fingerprint density at radius 3 is 2.52 bits per heavy atom. The zero-order valence-electron chi connectivity index (χ0n) is 12.6. The van der Waals surface area contributed by atoms with Gasteiger partial charge < -0.3 is 5.32 Å². The van der Waals surface area contributed by atoms with Gasteiger partial charge in [0.05, 0.1) is 0 Å². The van der Waals surface area contributed by atoms with Gasteiger partial charge in [-0.05, 0) is 18.5 Å². The van der Waals surface area contributed by atoms with Crippen LogP contribution >= 0.6 is 12.4 Å². The molecule has 0 radical (unpaired) electrons. The lowest BCUT2D eigenvalue weighted by atomic mass is 10.2. The maximum Gasteiger partial charge on any atom is 0.0233 e. The average Bonchev–Trinajstić information content (AvgIpc) is 3.03. The summed E-state index contributed by atoms with van der Waals surface area (Å²) < 4.78 is 0. The van der Waals surface area contributed by atoms with Crippen molar-refractivity contribution in [3.8, 4) is 0 Å². The van der Waals surface area contributed by atoms with Gasteiger partial charge in [-0.25, -0.2) is 0 Å². The highest BCUT2D eigenvalue weighted by atomic mass is 35.5. The van der Waals surface area contributed by atoms with E-state index in [0.717, 1.165) is 12.6 Å². The number of halogens is 1. The van der Waals surface area contributed by atoms with Crippen LogP contribution in [0.1, 0.15) is 12.0 Å². The molecule has 1 aromatic rings. The third-order valence-corrected chi connectivity index (χ3v) is 4.43. The Bertz CT molecular complexity index is 421. The van der Waals surface area contributed by atoms with Gasteiger partial charge in [0, 0.05) is 45.3 Å². The van der Waals surface area contributed by atoms with Gasteiger partial charge in [0.1, 0.15) is 0 Å². The fourth-order valence-corrected chi connectivity index (χ4v) is 3.16. The highest BCUT2D eigenvalue weighted by molar-refractivity contribution is 5.85. The maximum absolute atomic E-state index is 3.47. The number of hydrogen-bond donors (Lipinski definition) is 1. The molecule has 116 valence electrons. The average molecular weight is 308 g/mol. The minimum Gasteiger partial charge on any atom is -0.315 e. The molecule has 1 aromatic carbocycles. The Labute approximate surface area is 134 Å².